The number of nitrogens with one attached hydrogen (secondary N) is 1. The highest BCUT2D eigenvalue weighted by atomic mass is 19.1. The van der Waals surface area contributed by atoms with Gasteiger partial charge in [0.1, 0.15) is 5.82 Å². The van der Waals surface area contributed by atoms with Gasteiger partial charge in [-0.15, -0.1) is 0 Å². The Morgan fingerprint density at radius 2 is 2.00 bits per heavy atom. The van der Waals surface area contributed by atoms with Crippen molar-refractivity contribution in [2.24, 2.45) is 0 Å². The zero-order valence-electron chi connectivity index (χ0n) is 13.7. The molecule has 0 unspecified atom stereocenters. The van der Waals surface area contributed by atoms with E-state index in [1.54, 1.807) is 12.1 Å². The van der Waals surface area contributed by atoms with Gasteiger partial charge in [-0.25, -0.2) is 4.39 Å². The second kappa shape index (κ2) is 7.79. The summed E-state index contributed by atoms with van der Waals surface area (Å²) in [4.78, 5) is 2.32. The maximum absolute atomic E-state index is 13.9. The molecular formula is C18H29FN2. The fraction of sp³-hybridized carbons (Fsp3) is 0.667. The molecule has 0 aliphatic heterocycles. The second-order valence-electron chi connectivity index (χ2n) is 6.47. The molecule has 118 valence electrons. The maximum Gasteiger partial charge on any atom is 0.125 e. The number of halogens is 1. The molecule has 0 amide bonds. The van der Waals surface area contributed by atoms with Gasteiger partial charge in [-0.2, -0.15) is 0 Å². The van der Waals surface area contributed by atoms with E-state index in [4.69, 9.17) is 0 Å². The lowest BCUT2D eigenvalue weighted by molar-refractivity contribution is 0.605. The molecule has 1 aromatic carbocycles. The molecule has 0 bridgehead atoms. The molecule has 1 saturated carbocycles. The number of rotatable bonds is 9. The van der Waals surface area contributed by atoms with Crippen molar-refractivity contribution >= 4 is 5.69 Å². The molecule has 0 heterocycles. The molecule has 0 spiro atoms. The SMILES string of the molecule is CCCCCN(c1cc(F)cc(CNC2CC2)c1)C(C)C. The van der Waals surface area contributed by atoms with Gasteiger partial charge < -0.3 is 10.2 Å². The van der Waals surface area contributed by atoms with Crippen LogP contribution in [-0.2, 0) is 6.54 Å². The molecule has 2 rings (SSSR count). The summed E-state index contributed by atoms with van der Waals surface area (Å²) in [5.41, 5.74) is 2.08. The Morgan fingerprint density at radius 1 is 1.24 bits per heavy atom. The number of nitrogens with zero attached hydrogens (tertiary/aromatic N) is 1. The van der Waals surface area contributed by atoms with Gasteiger partial charge >= 0.3 is 0 Å². The summed E-state index contributed by atoms with van der Waals surface area (Å²) in [6.45, 7) is 8.35. The third-order valence-corrected chi connectivity index (χ3v) is 4.07. The minimum absolute atomic E-state index is 0.124. The van der Waals surface area contributed by atoms with Crippen molar-refractivity contribution in [1.29, 1.82) is 0 Å². The first-order valence-corrected chi connectivity index (χ1v) is 8.39. The van der Waals surface area contributed by atoms with Crippen LogP contribution in [0, 0.1) is 5.82 Å². The van der Waals surface area contributed by atoms with Gasteiger partial charge in [0.05, 0.1) is 0 Å². The van der Waals surface area contributed by atoms with Gasteiger partial charge in [0.2, 0.25) is 0 Å². The third kappa shape index (κ3) is 5.31. The van der Waals surface area contributed by atoms with E-state index in [1.807, 2.05) is 0 Å². The predicted octanol–water partition coefficient (Wildman–Crippen LogP) is 4.48. The predicted molar refractivity (Wildman–Crippen MR) is 88.3 cm³/mol. The Morgan fingerprint density at radius 3 is 2.62 bits per heavy atom. The summed E-state index contributed by atoms with van der Waals surface area (Å²) in [6.07, 6.45) is 6.13. The largest absolute Gasteiger partial charge is 0.369 e. The first kappa shape index (κ1) is 16.3. The summed E-state index contributed by atoms with van der Waals surface area (Å²) >= 11 is 0. The zero-order chi connectivity index (χ0) is 15.2. The summed E-state index contributed by atoms with van der Waals surface area (Å²) < 4.78 is 13.9. The van der Waals surface area contributed by atoms with Crippen LogP contribution in [0.1, 0.15) is 58.4 Å². The first-order chi connectivity index (χ1) is 10.1. The van der Waals surface area contributed by atoms with Crippen molar-refractivity contribution in [1.82, 2.24) is 5.32 Å². The molecule has 1 aromatic rings. The van der Waals surface area contributed by atoms with E-state index in [-0.39, 0.29) is 5.82 Å². The lowest BCUT2D eigenvalue weighted by atomic mass is 10.1. The van der Waals surface area contributed by atoms with Gasteiger partial charge in [0.15, 0.2) is 0 Å². The Bertz CT molecular complexity index is 441. The Hall–Kier alpha value is -1.09. The molecule has 1 fully saturated rings. The fourth-order valence-corrected chi connectivity index (χ4v) is 2.67. The first-order valence-electron chi connectivity index (χ1n) is 8.39. The normalized spacial score (nSPS) is 14.7. The molecule has 0 aromatic heterocycles. The minimum atomic E-state index is -0.124. The molecule has 1 aliphatic carbocycles. The Kier molecular flexibility index (Phi) is 6.04. The van der Waals surface area contributed by atoms with E-state index in [9.17, 15) is 4.39 Å². The van der Waals surface area contributed by atoms with Crippen LogP contribution in [0.5, 0.6) is 0 Å². The molecule has 3 heteroatoms. The number of benzene rings is 1. The third-order valence-electron chi connectivity index (χ3n) is 4.07. The van der Waals surface area contributed by atoms with Crippen LogP contribution in [0.3, 0.4) is 0 Å². The number of unbranched alkanes of at least 4 members (excludes halogenated alkanes) is 2. The van der Waals surface area contributed by atoms with Crippen LogP contribution in [-0.4, -0.2) is 18.6 Å². The zero-order valence-corrected chi connectivity index (χ0v) is 13.7. The summed E-state index contributed by atoms with van der Waals surface area (Å²) in [7, 11) is 0. The van der Waals surface area contributed by atoms with Crippen LogP contribution in [0.2, 0.25) is 0 Å². The number of hydrogen-bond acceptors (Lipinski definition) is 2. The molecule has 0 saturated heterocycles. The van der Waals surface area contributed by atoms with Crippen molar-refractivity contribution in [3.05, 3.63) is 29.6 Å². The number of hydrogen-bond donors (Lipinski definition) is 1. The van der Waals surface area contributed by atoms with Crippen molar-refractivity contribution in [3.8, 4) is 0 Å². The van der Waals surface area contributed by atoms with Crippen LogP contribution in [0.25, 0.3) is 0 Å². The Labute approximate surface area is 128 Å². The smallest absolute Gasteiger partial charge is 0.125 e. The van der Waals surface area contributed by atoms with Crippen LogP contribution >= 0.6 is 0 Å². The highest BCUT2D eigenvalue weighted by molar-refractivity contribution is 5.50. The lowest BCUT2D eigenvalue weighted by Gasteiger charge is -2.29. The molecule has 0 atom stereocenters. The second-order valence-corrected chi connectivity index (χ2v) is 6.47. The van der Waals surface area contributed by atoms with Gasteiger partial charge in [0, 0.05) is 30.9 Å². The van der Waals surface area contributed by atoms with E-state index in [1.165, 1.54) is 32.1 Å². The molecule has 2 nitrogen and oxygen atoms in total. The number of anilines is 1. The van der Waals surface area contributed by atoms with Crippen molar-refractivity contribution in [2.75, 3.05) is 11.4 Å². The average Bonchev–Trinajstić information content (AvgIpc) is 3.24. The fourth-order valence-electron chi connectivity index (χ4n) is 2.67. The average molecular weight is 292 g/mol. The topological polar surface area (TPSA) is 15.3 Å². The molecule has 1 aliphatic rings. The van der Waals surface area contributed by atoms with Crippen molar-refractivity contribution in [3.63, 3.8) is 0 Å². The van der Waals surface area contributed by atoms with E-state index in [0.717, 1.165) is 24.3 Å². The van der Waals surface area contributed by atoms with E-state index in [2.05, 4.69) is 37.1 Å². The van der Waals surface area contributed by atoms with Gasteiger partial charge in [0.25, 0.3) is 0 Å². The summed E-state index contributed by atoms with van der Waals surface area (Å²) in [5.74, 6) is -0.124. The summed E-state index contributed by atoms with van der Waals surface area (Å²) in [6, 6.07) is 6.52. The van der Waals surface area contributed by atoms with Crippen LogP contribution in [0.15, 0.2) is 18.2 Å². The quantitative estimate of drug-likeness (QED) is 0.675. The summed E-state index contributed by atoms with van der Waals surface area (Å²) in [5, 5.41) is 3.46. The minimum Gasteiger partial charge on any atom is -0.369 e. The van der Waals surface area contributed by atoms with E-state index in [0.29, 0.717) is 12.1 Å². The Balaban J connectivity index is 2.06. The maximum atomic E-state index is 13.9. The van der Waals surface area contributed by atoms with Crippen LogP contribution in [0.4, 0.5) is 10.1 Å². The lowest BCUT2D eigenvalue weighted by Crippen LogP contribution is -2.32. The van der Waals surface area contributed by atoms with Gasteiger partial charge in [-0.3, -0.25) is 0 Å². The highest BCUT2D eigenvalue weighted by Gasteiger charge is 2.20. The molecule has 0 radical (unpaired) electrons. The molecule has 1 N–H and O–H groups in total. The molecule has 21 heavy (non-hydrogen) atoms. The van der Waals surface area contributed by atoms with Crippen molar-refractivity contribution in [2.45, 2.75) is 71.5 Å². The standard InChI is InChI=1S/C18H29FN2/c1-4-5-6-9-21(14(2)3)18-11-15(10-16(19)12-18)13-20-17-7-8-17/h10-12,14,17,20H,4-9,13H2,1-3H3. The highest BCUT2D eigenvalue weighted by Crippen LogP contribution is 2.23. The van der Waals surface area contributed by atoms with Gasteiger partial charge in [-0.05, 0) is 56.9 Å². The van der Waals surface area contributed by atoms with E-state index < -0.39 is 0 Å². The molecular weight excluding hydrogens is 263 g/mol. The monoisotopic (exact) mass is 292 g/mol. The van der Waals surface area contributed by atoms with Crippen molar-refractivity contribution < 1.29 is 4.39 Å². The van der Waals surface area contributed by atoms with E-state index >= 15 is 0 Å². The van der Waals surface area contributed by atoms with Gasteiger partial charge in [-0.1, -0.05) is 19.8 Å². The van der Waals surface area contributed by atoms with Crippen LogP contribution < -0.4 is 10.2 Å².